The van der Waals surface area contributed by atoms with Gasteiger partial charge >= 0.3 is 5.97 Å². The van der Waals surface area contributed by atoms with Crippen LogP contribution in [-0.2, 0) is 16.1 Å². The van der Waals surface area contributed by atoms with Crippen molar-refractivity contribution in [3.8, 4) is 0 Å². The molecule has 6 heteroatoms. The molecule has 4 nitrogen and oxygen atoms in total. The molecule has 0 spiro atoms. The number of hydrogen-bond acceptors (Lipinski definition) is 3. The van der Waals surface area contributed by atoms with Gasteiger partial charge in [-0.3, -0.25) is 9.59 Å². The minimum absolute atomic E-state index is 0.0399. The van der Waals surface area contributed by atoms with Crippen molar-refractivity contribution in [1.82, 2.24) is 4.90 Å². The first-order valence-electron chi connectivity index (χ1n) is 6.78. The number of thiophene rings is 1. The molecule has 1 N–H and O–H groups in total. The van der Waals surface area contributed by atoms with Crippen LogP contribution >= 0.6 is 22.9 Å². The average molecular weight is 316 g/mol. The normalized spacial score (nSPS) is 21.9. The van der Waals surface area contributed by atoms with E-state index in [1.807, 2.05) is 19.1 Å². The van der Waals surface area contributed by atoms with Crippen molar-refractivity contribution in [1.29, 1.82) is 0 Å². The molecular weight excluding hydrogens is 298 g/mol. The van der Waals surface area contributed by atoms with Crippen molar-refractivity contribution >= 4 is 34.8 Å². The Bertz CT molecular complexity index is 502. The van der Waals surface area contributed by atoms with Gasteiger partial charge in [-0.25, -0.2) is 0 Å². The molecule has 1 fully saturated rings. The maximum Gasteiger partial charge on any atom is 0.307 e. The third kappa shape index (κ3) is 3.33. The lowest BCUT2D eigenvalue weighted by Gasteiger charge is -2.25. The summed E-state index contributed by atoms with van der Waals surface area (Å²) in [7, 11) is 0. The minimum atomic E-state index is -0.851. The highest BCUT2D eigenvalue weighted by Crippen LogP contribution is 2.34. The molecule has 1 aliphatic rings. The number of carbonyl (C=O) groups is 2. The maximum absolute atomic E-state index is 12.5. The number of rotatable bonds is 5. The Morgan fingerprint density at radius 3 is 2.65 bits per heavy atom. The molecule has 1 saturated carbocycles. The van der Waals surface area contributed by atoms with Crippen LogP contribution in [0.1, 0.15) is 31.1 Å². The molecule has 0 unspecified atom stereocenters. The zero-order chi connectivity index (χ0) is 14.7. The highest BCUT2D eigenvalue weighted by atomic mass is 35.5. The molecule has 2 rings (SSSR count). The second-order valence-corrected chi connectivity index (χ2v) is 6.84. The van der Waals surface area contributed by atoms with Crippen LogP contribution in [0.2, 0.25) is 4.34 Å². The van der Waals surface area contributed by atoms with Gasteiger partial charge < -0.3 is 10.0 Å². The zero-order valence-electron chi connectivity index (χ0n) is 11.3. The van der Waals surface area contributed by atoms with Crippen LogP contribution < -0.4 is 0 Å². The van der Waals surface area contributed by atoms with Gasteiger partial charge in [-0.1, -0.05) is 18.0 Å². The Hall–Kier alpha value is -1.07. The summed E-state index contributed by atoms with van der Waals surface area (Å²) < 4.78 is 0.702. The predicted molar refractivity (Wildman–Crippen MR) is 78.9 cm³/mol. The fourth-order valence-electron chi connectivity index (χ4n) is 2.76. The van der Waals surface area contributed by atoms with Crippen LogP contribution in [0, 0.1) is 11.8 Å². The SMILES string of the molecule is CCN(Cc1ccc(Cl)s1)C(=O)[C@@H]1CCC[C@@H]1C(=O)O. The van der Waals surface area contributed by atoms with Crippen LogP contribution in [-0.4, -0.2) is 28.4 Å². The van der Waals surface area contributed by atoms with E-state index in [4.69, 9.17) is 11.6 Å². The highest BCUT2D eigenvalue weighted by Gasteiger charge is 2.39. The van der Waals surface area contributed by atoms with Crippen molar-refractivity contribution in [2.45, 2.75) is 32.7 Å². The number of hydrogen-bond donors (Lipinski definition) is 1. The predicted octanol–water partition coefficient (Wildman–Crippen LogP) is 3.25. The Balaban J connectivity index is 2.06. The standard InChI is InChI=1S/C14H18ClNO3S/c1-2-16(8-9-6-7-12(15)20-9)13(17)10-4-3-5-11(10)14(18)19/h6-7,10-11H,2-5,8H2,1H3,(H,18,19)/t10-,11+/m1/s1. The summed E-state index contributed by atoms with van der Waals surface area (Å²) in [6.07, 6.45) is 2.10. The number of carboxylic acid groups (broad SMARTS) is 1. The van der Waals surface area contributed by atoms with Gasteiger partial charge in [0, 0.05) is 11.4 Å². The van der Waals surface area contributed by atoms with Crippen molar-refractivity contribution in [3.05, 3.63) is 21.3 Å². The number of carbonyl (C=O) groups excluding carboxylic acids is 1. The third-order valence-electron chi connectivity index (χ3n) is 3.82. The Morgan fingerprint density at radius 2 is 2.10 bits per heavy atom. The van der Waals surface area contributed by atoms with Gasteiger partial charge in [0.05, 0.1) is 22.7 Å². The van der Waals surface area contributed by atoms with E-state index >= 15 is 0 Å². The molecule has 2 atom stereocenters. The van der Waals surface area contributed by atoms with Gasteiger partial charge in [0.25, 0.3) is 0 Å². The number of aliphatic carboxylic acids is 1. The molecule has 0 radical (unpaired) electrons. The van der Waals surface area contributed by atoms with E-state index in [0.717, 1.165) is 11.3 Å². The lowest BCUT2D eigenvalue weighted by molar-refractivity contribution is -0.149. The minimum Gasteiger partial charge on any atom is -0.481 e. The summed E-state index contributed by atoms with van der Waals surface area (Å²) in [6, 6.07) is 3.72. The van der Waals surface area contributed by atoms with Gasteiger partial charge in [-0.15, -0.1) is 11.3 Å². The summed E-state index contributed by atoms with van der Waals surface area (Å²) >= 11 is 7.35. The molecule has 1 aliphatic carbocycles. The van der Waals surface area contributed by atoms with E-state index in [9.17, 15) is 14.7 Å². The smallest absolute Gasteiger partial charge is 0.307 e. The monoisotopic (exact) mass is 315 g/mol. The van der Waals surface area contributed by atoms with Crippen molar-refractivity contribution in [3.63, 3.8) is 0 Å². The van der Waals surface area contributed by atoms with Crippen molar-refractivity contribution in [2.75, 3.05) is 6.54 Å². The molecule has 110 valence electrons. The fraction of sp³-hybridized carbons (Fsp3) is 0.571. The second-order valence-electron chi connectivity index (χ2n) is 5.04. The molecule has 0 aromatic carbocycles. The van der Waals surface area contributed by atoms with E-state index in [1.54, 1.807) is 4.90 Å². The maximum atomic E-state index is 12.5. The van der Waals surface area contributed by atoms with Gasteiger partial charge in [0.1, 0.15) is 0 Å². The molecular formula is C14H18ClNO3S. The van der Waals surface area contributed by atoms with Gasteiger partial charge in [-0.2, -0.15) is 0 Å². The van der Waals surface area contributed by atoms with Crippen LogP contribution in [0.15, 0.2) is 12.1 Å². The van der Waals surface area contributed by atoms with E-state index < -0.39 is 11.9 Å². The van der Waals surface area contributed by atoms with Crippen LogP contribution in [0.4, 0.5) is 0 Å². The molecule has 0 aliphatic heterocycles. The third-order valence-corrected chi connectivity index (χ3v) is 5.04. The second kappa shape index (κ2) is 6.59. The average Bonchev–Trinajstić information content (AvgIpc) is 3.03. The van der Waals surface area contributed by atoms with Gasteiger partial charge in [-0.05, 0) is 31.9 Å². The fourth-order valence-corrected chi connectivity index (χ4v) is 3.86. The zero-order valence-corrected chi connectivity index (χ0v) is 12.9. The molecule has 1 heterocycles. The summed E-state index contributed by atoms with van der Waals surface area (Å²) in [4.78, 5) is 26.5. The van der Waals surface area contributed by atoms with Crippen LogP contribution in [0.25, 0.3) is 0 Å². The lowest BCUT2D eigenvalue weighted by atomic mass is 9.94. The number of halogens is 1. The largest absolute Gasteiger partial charge is 0.481 e. The molecule has 0 saturated heterocycles. The highest BCUT2D eigenvalue weighted by molar-refractivity contribution is 7.16. The van der Waals surface area contributed by atoms with E-state index in [2.05, 4.69) is 0 Å². The molecule has 20 heavy (non-hydrogen) atoms. The Kier molecular flexibility index (Phi) is 5.05. The topological polar surface area (TPSA) is 57.6 Å². The first-order chi connectivity index (χ1) is 9.52. The summed E-state index contributed by atoms with van der Waals surface area (Å²) in [6.45, 7) is 3.00. The quantitative estimate of drug-likeness (QED) is 0.907. The van der Waals surface area contributed by atoms with Crippen LogP contribution in [0.3, 0.4) is 0 Å². The lowest BCUT2D eigenvalue weighted by Crippen LogP contribution is -2.38. The van der Waals surface area contributed by atoms with Crippen LogP contribution in [0.5, 0.6) is 0 Å². The van der Waals surface area contributed by atoms with Crippen molar-refractivity contribution in [2.24, 2.45) is 11.8 Å². The first-order valence-corrected chi connectivity index (χ1v) is 7.98. The van der Waals surface area contributed by atoms with E-state index in [0.29, 0.717) is 30.3 Å². The number of amides is 1. The summed E-state index contributed by atoms with van der Waals surface area (Å²) in [5.74, 6) is -1.79. The number of nitrogens with zero attached hydrogens (tertiary/aromatic N) is 1. The van der Waals surface area contributed by atoms with E-state index in [1.165, 1.54) is 11.3 Å². The molecule has 1 aromatic rings. The van der Waals surface area contributed by atoms with Gasteiger partial charge in [0.15, 0.2) is 0 Å². The Labute approximate surface area is 127 Å². The molecule has 1 amide bonds. The summed E-state index contributed by atoms with van der Waals surface area (Å²) in [5, 5.41) is 9.19. The van der Waals surface area contributed by atoms with Gasteiger partial charge in [0.2, 0.25) is 5.91 Å². The Morgan fingerprint density at radius 1 is 1.40 bits per heavy atom. The molecule has 1 aromatic heterocycles. The number of carboxylic acids is 1. The first kappa shape index (κ1) is 15.3. The molecule has 0 bridgehead atoms. The van der Waals surface area contributed by atoms with E-state index in [-0.39, 0.29) is 11.8 Å². The van der Waals surface area contributed by atoms with Crippen molar-refractivity contribution < 1.29 is 14.7 Å². The summed E-state index contributed by atoms with van der Waals surface area (Å²) in [5.41, 5.74) is 0.